The van der Waals surface area contributed by atoms with Gasteiger partial charge in [0.2, 0.25) is 5.95 Å². The molecule has 9 heteroatoms. The summed E-state index contributed by atoms with van der Waals surface area (Å²) in [6.45, 7) is 2.46. The van der Waals surface area contributed by atoms with Crippen molar-refractivity contribution in [1.29, 1.82) is 0 Å². The maximum atomic E-state index is 11.2. The van der Waals surface area contributed by atoms with Crippen molar-refractivity contribution in [1.82, 2.24) is 19.7 Å². The van der Waals surface area contributed by atoms with Crippen molar-refractivity contribution in [3.8, 4) is 5.75 Å². The lowest BCUT2D eigenvalue weighted by atomic mass is 9.96. The van der Waals surface area contributed by atoms with Gasteiger partial charge >= 0.3 is 5.97 Å². The highest BCUT2D eigenvalue weighted by Gasteiger charge is 2.31. The summed E-state index contributed by atoms with van der Waals surface area (Å²) in [5.41, 5.74) is 7.76. The molecule has 0 fully saturated rings. The number of nitrogens with one attached hydrogen (secondary N) is 1. The Morgan fingerprint density at radius 3 is 3.00 bits per heavy atom. The molecule has 2 aromatic heterocycles. The molecule has 0 radical (unpaired) electrons. The first kappa shape index (κ1) is 16.1. The van der Waals surface area contributed by atoms with Gasteiger partial charge in [0.05, 0.1) is 23.7 Å². The Balaban J connectivity index is 1.52. The summed E-state index contributed by atoms with van der Waals surface area (Å²) in [5.74, 6) is 0.554. The Morgan fingerprint density at radius 1 is 1.42 bits per heavy atom. The van der Waals surface area contributed by atoms with Gasteiger partial charge in [0.1, 0.15) is 17.7 Å². The molecule has 0 aliphatic carbocycles. The zero-order chi connectivity index (χ0) is 18.4. The Bertz CT molecular complexity index is 1020. The van der Waals surface area contributed by atoms with Crippen molar-refractivity contribution in [3.63, 3.8) is 0 Å². The van der Waals surface area contributed by atoms with Gasteiger partial charge in [-0.3, -0.25) is 4.68 Å². The van der Waals surface area contributed by atoms with E-state index in [1.165, 1.54) is 0 Å². The molecule has 0 unspecified atom stereocenters. The van der Waals surface area contributed by atoms with Crippen LogP contribution in [0.25, 0.3) is 11.0 Å². The Labute approximate surface area is 148 Å². The highest BCUT2D eigenvalue weighted by atomic mass is 16.5. The van der Waals surface area contributed by atoms with E-state index in [4.69, 9.17) is 15.6 Å². The van der Waals surface area contributed by atoms with Gasteiger partial charge < -0.3 is 20.9 Å². The number of carboxylic acids is 1. The van der Waals surface area contributed by atoms with Gasteiger partial charge in [-0.2, -0.15) is 15.1 Å². The number of benzene rings is 1. The molecule has 4 rings (SSSR count). The van der Waals surface area contributed by atoms with E-state index in [1.807, 2.05) is 6.92 Å². The van der Waals surface area contributed by atoms with Crippen molar-refractivity contribution < 1.29 is 14.6 Å². The monoisotopic (exact) mass is 354 g/mol. The molecule has 3 aromatic rings. The van der Waals surface area contributed by atoms with Crippen LogP contribution in [0, 0.1) is 0 Å². The number of carboxylic acid groups (broad SMARTS) is 1. The summed E-state index contributed by atoms with van der Waals surface area (Å²) >= 11 is 0. The fourth-order valence-corrected chi connectivity index (χ4v) is 3.14. The van der Waals surface area contributed by atoms with Crippen molar-refractivity contribution in [2.24, 2.45) is 7.05 Å². The molecule has 4 N–H and O–H groups in total. The minimum atomic E-state index is -0.949. The molecule has 0 saturated heterocycles. The summed E-state index contributed by atoms with van der Waals surface area (Å²) in [4.78, 5) is 19.8. The molecule has 1 aromatic carbocycles. The third-order valence-electron chi connectivity index (χ3n) is 4.67. The van der Waals surface area contributed by atoms with Crippen LogP contribution in [0.5, 0.6) is 5.75 Å². The molecule has 134 valence electrons. The zero-order valence-electron chi connectivity index (χ0n) is 14.3. The molecule has 3 heterocycles. The molecule has 0 spiro atoms. The molecule has 26 heavy (non-hydrogen) atoms. The van der Waals surface area contributed by atoms with Gasteiger partial charge in [-0.15, -0.1) is 0 Å². The molecule has 2 atom stereocenters. The number of ether oxygens (including phenoxy) is 1. The van der Waals surface area contributed by atoms with Crippen molar-refractivity contribution in [2.45, 2.75) is 18.9 Å². The third kappa shape index (κ3) is 2.57. The molecule has 0 saturated carbocycles. The number of aryl methyl sites for hydroxylation is 1. The number of fused-ring (bicyclic) bond motifs is 2. The van der Waals surface area contributed by atoms with Gasteiger partial charge in [-0.25, -0.2) is 4.79 Å². The summed E-state index contributed by atoms with van der Waals surface area (Å²) < 4.78 is 7.58. The average molecular weight is 354 g/mol. The largest absolute Gasteiger partial charge is 0.488 e. The van der Waals surface area contributed by atoms with E-state index >= 15 is 0 Å². The first-order valence-electron chi connectivity index (χ1n) is 8.17. The Hall–Kier alpha value is -3.36. The standard InChI is InChI=1S/C17H18N6O3/c1-8-10-5-9(16(24)25)3-4-12(10)26-13(8)7-19-17-21-14(18)11-6-20-23(2)15(11)22-17/h3-6,8,13H,7H2,1-2H3,(H,24,25)(H3,18,19,21,22)/t8-,13-/m0/s1. The Morgan fingerprint density at radius 2 is 2.23 bits per heavy atom. The highest BCUT2D eigenvalue weighted by Crippen LogP contribution is 2.38. The van der Waals surface area contributed by atoms with Crippen LogP contribution in [0.15, 0.2) is 24.4 Å². The summed E-state index contributed by atoms with van der Waals surface area (Å²) in [6.07, 6.45) is 1.47. The van der Waals surface area contributed by atoms with Gasteiger partial charge in [0, 0.05) is 18.5 Å². The predicted molar refractivity (Wildman–Crippen MR) is 95.4 cm³/mol. The maximum absolute atomic E-state index is 11.2. The van der Waals surface area contributed by atoms with E-state index in [9.17, 15) is 4.79 Å². The first-order valence-corrected chi connectivity index (χ1v) is 8.17. The molecule has 9 nitrogen and oxygen atoms in total. The SMILES string of the molecule is C[C@H]1c2cc(C(=O)O)ccc2O[C@H]1CNc1nc(N)c2cnn(C)c2n1. The van der Waals surface area contributed by atoms with Crippen LogP contribution in [0.1, 0.15) is 28.8 Å². The lowest BCUT2D eigenvalue weighted by molar-refractivity contribution is 0.0697. The normalized spacial score (nSPS) is 18.5. The van der Waals surface area contributed by atoms with Crippen molar-refractivity contribution in [3.05, 3.63) is 35.5 Å². The van der Waals surface area contributed by atoms with E-state index in [0.717, 1.165) is 5.56 Å². The number of nitrogens with zero attached hydrogens (tertiary/aromatic N) is 4. The number of carbonyl (C=O) groups is 1. The second-order valence-corrected chi connectivity index (χ2v) is 6.32. The molecular formula is C17H18N6O3. The lowest BCUT2D eigenvalue weighted by Gasteiger charge is -2.16. The average Bonchev–Trinajstić information content (AvgIpc) is 3.14. The highest BCUT2D eigenvalue weighted by molar-refractivity contribution is 5.88. The van der Waals surface area contributed by atoms with Crippen LogP contribution in [-0.2, 0) is 7.05 Å². The van der Waals surface area contributed by atoms with Gasteiger partial charge in [0.25, 0.3) is 0 Å². The number of hydrogen-bond donors (Lipinski definition) is 3. The summed E-state index contributed by atoms with van der Waals surface area (Å²) in [5, 5.41) is 17.1. The second kappa shape index (κ2) is 5.87. The molecular weight excluding hydrogens is 336 g/mol. The van der Waals surface area contributed by atoms with Crippen LogP contribution in [-0.4, -0.2) is 43.5 Å². The van der Waals surface area contributed by atoms with E-state index < -0.39 is 5.97 Å². The number of nitrogen functional groups attached to an aromatic ring is 1. The number of aromatic nitrogens is 4. The van der Waals surface area contributed by atoms with Crippen molar-refractivity contribution >= 4 is 28.8 Å². The zero-order valence-corrected chi connectivity index (χ0v) is 14.3. The fraction of sp³-hybridized carbons (Fsp3) is 0.294. The van der Waals surface area contributed by atoms with Crippen LogP contribution in [0.2, 0.25) is 0 Å². The second-order valence-electron chi connectivity index (χ2n) is 6.32. The molecule has 0 bridgehead atoms. The maximum Gasteiger partial charge on any atom is 0.335 e. The van der Waals surface area contributed by atoms with E-state index in [0.29, 0.717) is 35.1 Å². The number of hydrogen-bond acceptors (Lipinski definition) is 7. The first-order chi connectivity index (χ1) is 12.4. The number of nitrogens with two attached hydrogens (primary N) is 1. The quantitative estimate of drug-likeness (QED) is 0.645. The van der Waals surface area contributed by atoms with Crippen molar-refractivity contribution in [2.75, 3.05) is 17.6 Å². The van der Waals surface area contributed by atoms with Crippen LogP contribution in [0.3, 0.4) is 0 Å². The predicted octanol–water partition coefficient (Wildman–Crippen LogP) is 1.62. The van der Waals surface area contributed by atoms with Crippen LogP contribution in [0.4, 0.5) is 11.8 Å². The molecule has 1 aliphatic heterocycles. The smallest absolute Gasteiger partial charge is 0.335 e. The van der Waals surface area contributed by atoms with E-state index in [2.05, 4.69) is 20.4 Å². The van der Waals surface area contributed by atoms with Crippen LogP contribution >= 0.6 is 0 Å². The lowest BCUT2D eigenvalue weighted by Crippen LogP contribution is -2.27. The van der Waals surface area contributed by atoms with Gasteiger partial charge in [-0.1, -0.05) is 6.92 Å². The Kier molecular flexibility index (Phi) is 3.64. The van der Waals surface area contributed by atoms with E-state index in [1.54, 1.807) is 36.1 Å². The van der Waals surface area contributed by atoms with E-state index in [-0.39, 0.29) is 17.6 Å². The summed E-state index contributed by atoms with van der Waals surface area (Å²) in [7, 11) is 1.79. The van der Waals surface area contributed by atoms with Gasteiger partial charge in [0.15, 0.2) is 5.65 Å². The third-order valence-corrected chi connectivity index (χ3v) is 4.67. The number of rotatable bonds is 4. The van der Waals surface area contributed by atoms with Crippen LogP contribution < -0.4 is 15.8 Å². The minimum absolute atomic E-state index is 0.0366. The topological polar surface area (TPSA) is 128 Å². The summed E-state index contributed by atoms with van der Waals surface area (Å²) in [6, 6.07) is 4.91. The minimum Gasteiger partial charge on any atom is -0.488 e. The molecule has 1 aliphatic rings. The van der Waals surface area contributed by atoms with Gasteiger partial charge in [-0.05, 0) is 18.2 Å². The molecule has 0 amide bonds. The number of aromatic carboxylic acids is 1. The fourth-order valence-electron chi connectivity index (χ4n) is 3.14. The number of anilines is 2.